The zero-order valence-electron chi connectivity index (χ0n) is 14.8. The van der Waals surface area contributed by atoms with Crippen molar-refractivity contribution in [3.63, 3.8) is 0 Å². The Morgan fingerprint density at radius 3 is 2.32 bits per heavy atom. The van der Waals surface area contributed by atoms with Gasteiger partial charge in [-0.1, -0.05) is 18.2 Å². The summed E-state index contributed by atoms with van der Waals surface area (Å²) in [4.78, 5) is 49.0. The van der Waals surface area contributed by atoms with Gasteiger partial charge in [0.05, 0.1) is 11.1 Å². The number of hydrogen-bond acceptors (Lipinski definition) is 5. The molecule has 2 aromatic carbocycles. The molecule has 0 saturated carbocycles. The van der Waals surface area contributed by atoms with Crippen LogP contribution >= 0.6 is 0 Å². The van der Waals surface area contributed by atoms with Gasteiger partial charge in [0.25, 0.3) is 17.7 Å². The molecule has 0 aromatic heterocycles. The largest absolute Gasteiger partial charge is 0.456 e. The molecular weight excluding hydrogens is 367 g/mol. The lowest BCUT2D eigenvalue weighted by atomic mass is 10.1. The maximum Gasteiger partial charge on any atom is 0.306 e. The van der Waals surface area contributed by atoms with Crippen molar-refractivity contribution in [1.29, 1.82) is 0 Å². The molecule has 1 heterocycles. The molecular formula is C20H17FN2O5. The first-order chi connectivity index (χ1) is 13.5. The summed E-state index contributed by atoms with van der Waals surface area (Å²) in [5.41, 5.74) is 0.958. The van der Waals surface area contributed by atoms with Gasteiger partial charge in [-0.3, -0.25) is 24.1 Å². The van der Waals surface area contributed by atoms with E-state index in [2.05, 4.69) is 5.32 Å². The van der Waals surface area contributed by atoms with E-state index in [4.69, 9.17) is 4.74 Å². The van der Waals surface area contributed by atoms with Gasteiger partial charge in [-0.25, -0.2) is 4.39 Å². The van der Waals surface area contributed by atoms with E-state index in [1.54, 1.807) is 24.3 Å². The minimum absolute atomic E-state index is 0.0549. The summed E-state index contributed by atoms with van der Waals surface area (Å²) in [6, 6.07) is 11.9. The highest BCUT2D eigenvalue weighted by atomic mass is 19.1. The van der Waals surface area contributed by atoms with Crippen LogP contribution in [0.3, 0.4) is 0 Å². The molecule has 28 heavy (non-hydrogen) atoms. The number of halogens is 1. The van der Waals surface area contributed by atoms with Gasteiger partial charge in [-0.2, -0.15) is 0 Å². The fourth-order valence-corrected chi connectivity index (χ4v) is 2.81. The molecule has 1 aliphatic rings. The van der Waals surface area contributed by atoms with Crippen molar-refractivity contribution in [2.45, 2.75) is 12.8 Å². The van der Waals surface area contributed by atoms with Crippen molar-refractivity contribution in [3.05, 3.63) is 65.5 Å². The molecule has 8 heteroatoms. The second kappa shape index (κ2) is 8.43. The van der Waals surface area contributed by atoms with Crippen LogP contribution in [0.1, 0.15) is 33.6 Å². The number of rotatable bonds is 7. The standard InChI is InChI=1S/C20H17FN2O5/c21-13-5-3-6-14(11-13)22-17(24)12-28-18(25)9-4-10-23-19(26)15-7-1-2-8-16(15)20(23)27/h1-3,5-8,11H,4,9-10,12H2,(H,22,24). The van der Waals surface area contributed by atoms with E-state index in [-0.39, 0.29) is 36.9 Å². The topological polar surface area (TPSA) is 92.8 Å². The highest BCUT2D eigenvalue weighted by Crippen LogP contribution is 2.22. The highest BCUT2D eigenvalue weighted by Gasteiger charge is 2.34. The van der Waals surface area contributed by atoms with Gasteiger partial charge in [0, 0.05) is 18.7 Å². The van der Waals surface area contributed by atoms with Crippen LogP contribution in [0.25, 0.3) is 0 Å². The minimum atomic E-state index is -0.633. The summed E-state index contributed by atoms with van der Waals surface area (Å²) >= 11 is 0. The van der Waals surface area contributed by atoms with E-state index >= 15 is 0 Å². The molecule has 3 amide bonds. The fourth-order valence-electron chi connectivity index (χ4n) is 2.81. The van der Waals surface area contributed by atoms with Crippen LogP contribution in [0.5, 0.6) is 0 Å². The van der Waals surface area contributed by atoms with Crippen molar-refractivity contribution in [2.24, 2.45) is 0 Å². The highest BCUT2D eigenvalue weighted by molar-refractivity contribution is 6.21. The van der Waals surface area contributed by atoms with Crippen molar-refractivity contribution >= 4 is 29.4 Å². The summed E-state index contributed by atoms with van der Waals surface area (Å²) in [6.07, 6.45) is 0.163. The van der Waals surface area contributed by atoms with Crippen LogP contribution in [0.4, 0.5) is 10.1 Å². The van der Waals surface area contributed by atoms with Crippen LogP contribution in [-0.4, -0.2) is 41.7 Å². The molecule has 0 spiro atoms. The van der Waals surface area contributed by atoms with E-state index in [9.17, 15) is 23.6 Å². The Labute approximate surface area is 160 Å². The molecule has 1 aliphatic heterocycles. The molecule has 0 saturated heterocycles. The number of esters is 1. The van der Waals surface area contributed by atoms with E-state index in [0.717, 1.165) is 11.0 Å². The van der Waals surface area contributed by atoms with Crippen LogP contribution < -0.4 is 5.32 Å². The average molecular weight is 384 g/mol. The molecule has 144 valence electrons. The lowest BCUT2D eigenvalue weighted by molar-refractivity contribution is -0.147. The second-order valence-corrected chi connectivity index (χ2v) is 6.13. The van der Waals surface area contributed by atoms with Gasteiger partial charge in [0.2, 0.25) is 0 Å². The quantitative estimate of drug-likeness (QED) is 0.584. The monoisotopic (exact) mass is 384 g/mol. The SMILES string of the molecule is O=C(COC(=O)CCCN1C(=O)c2ccccc2C1=O)Nc1cccc(F)c1. The zero-order valence-corrected chi connectivity index (χ0v) is 14.8. The predicted octanol–water partition coefficient (Wildman–Crippen LogP) is 2.38. The molecule has 2 aromatic rings. The average Bonchev–Trinajstić information content (AvgIpc) is 2.91. The van der Waals surface area contributed by atoms with E-state index in [0.29, 0.717) is 11.1 Å². The number of carbonyl (C=O) groups is 4. The molecule has 0 unspecified atom stereocenters. The first-order valence-corrected chi connectivity index (χ1v) is 8.62. The van der Waals surface area contributed by atoms with E-state index in [1.165, 1.54) is 18.2 Å². The summed E-state index contributed by atoms with van der Waals surface area (Å²) in [7, 11) is 0. The number of nitrogens with one attached hydrogen (secondary N) is 1. The number of ether oxygens (including phenoxy) is 1. The number of hydrogen-bond donors (Lipinski definition) is 1. The third kappa shape index (κ3) is 4.40. The number of amides is 3. The first kappa shape index (κ1) is 19.2. The van der Waals surface area contributed by atoms with Gasteiger partial charge in [0.15, 0.2) is 6.61 Å². The van der Waals surface area contributed by atoms with Crippen LogP contribution in [0.2, 0.25) is 0 Å². The summed E-state index contributed by atoms with van der Waals surface area (Å²) in [5.74, 6) is -2.50. The predicted molar refractivity (Wildman–Crippen MR) is 97.0 cm³/mol. The molecule has 0 aliphatic carbocycles. The van der Waals surface area contributed by atoms with Crippen LogP contribution in [-0.2, 0) is 14.3 Å². The molecule has 7 nitrogen and oxygen atoms in total. The zero-order chi connectivity index (χ0) is 20.1. The Kier molecular flexibility index (Phi) is 5.78. The van der Waals surface area contributed by atoms with Crippen molar-refractivity contribution in [3.8, 4) is 0 Å². The van der Waals surface area contributed by atoms with Gasteiger partial charge in [-0.15, -0.1) is 0 Å². The Bertz CT molecular complexity index is 909. The summed E-state index contributed by atoms with van der Waals surface area (Å²) in [6.45, 7) is -0.431. The van der Waals surface area contributed by atoms with Crippen LogP contribution in [0, 0.1) is 5.82 Å². The number of imide groups is 1. The maximum absolute atomic E-state index is 13.1. The normalized spacial score (nSPS) is 12.7. The lowest BCUT2D eigenvalue weighted by Crippen LogP contribution is -2.31. The third-order valence-corrected chi connectivity index (χ3v) is 4.11. The van der Waals surface area contributed by atoms with Gasteiger partial charge < -0.3 is 10.1 Å². The Morgan fingerprint density at radius 1 is 1.00 bits per heavy atom. The molecule has 0 bridgehead atoms. The lowest BCUT2D eigenvalue weighted by Gasteiger charge is -2.13. The fraction of sp³-hybridized carbons (Fsp3) is 0.200. The van der Waals surface area contributed by atoms with Gasteiger partial charge >= 0.3 is 5.97 Å². The smallest absolute Gasteiger partial charge is 0.306 e. The van der Waals surface area contributed by atoms with Crippen LogP contribution in [0.15, 0.2) is 48.5 Å². The molecule has 3 rings (SSSR count). The van der Waals surface area contributed by atoms with Gasteiger partial charge in [0.1, 0.15) is 5.82 Å². The number of carbonyl (C=O) groups excluding carboxylic acids is 4. The summed E-state index contributed by atoms with van der Waals surface area (Å²) < 4.78 is 17.9. The summed E-state index contributed by atoms with van der Waals surface area (Å²) in [5, 5.41) is 2.41. The number of benzene rings is 2. The molecule has 1 N–H and O–H groups in total. The van der Waals surface area contributed by atoms with Crippen molar-refractivity contribution in [2.75, 3.05) is 18.5 Å². The molecule has 0 atom stereocenters. The maximum atomic E-state index is 13.1. The minimum Gasteiger partial charge on any atom is -0.456 e. The van der Waals surface area contributed by atoms with Gasteiger partial charge in [-0.05, 0) is 36.8 Å². The third-order valence-electron chi connectivity index (χ3n) is 4.11. The molecule has 0 radical (unpaired) electrons. The molecule has 0 fully saturated rings. The van der Waals surface area contributed by atoms with E-state index in [1.807, 2.05) is 0 Å². The van der Waals surface area contributed by atoms with E-state index < -0.39 is 24.3 Å². The Morgan fingerprint density at radius 2 is 1.68 bits per heavy atom. The second-order valence-electron chi connectivity index (χ2n) is 6.13. The number of anilines is 1. The van der Waals surface area contributed by atoms with Crippen molar-refractivity contribution in [1.82, 2.24) is 4.90 Å². The number of nitrogens with zero attached hydrogens (tertiary/aromatic N) is 1. The first-order valence-electron chi connectivity index (χ1n) is 8.62. The Hall–Kier alpha value is -3.55. The van der Waals surface area contributed by atoms with Crippen molar-refractivity contribution < 1.29 is 28.3 Å². The Balaban J connectivity index is 1.40. The number of fused-ring (bicyclic) bond motifs is 1.